The summed E-state index contributed by atoms with van der Waals surface area (Å²) >= 11 is 1.32. The van der Waals surface area contributed by atoms with Crippen LogP contribution in [-0.2, 0) is 14.8 Å². The first-order chi connectivity index (χ1) is 15.7. The minimum Gasteiger partial charge on any atom is -0.299 e. The van der Waals surface area contributed by atoms with E-state index in [2.05, 4.69) is 15.5 Å². The number of aromatic nitrogens is 2. The first-order valence-corrected chi connectivity index (χ1v) is 13.0. The highest BCUT2D eigenvalue weighted by Gasteiger charge is 2.30. The summed E-state index contributed by atoms with van der Waals surface area (Å²) in [5.74, 6) is -0.188. The Hall–Kier alpha value is -2.66. The fraction of sp³-hybridized carbons (Fsp3) is 0.348. The van der Waals surface area contributed by atoms with E-state index in [9.17, 15) is 13.2 Å². The number of anilines is 1. The highest BCUT2D eigenvalue weighted by Crippen LogP contribution is 2.26. The minimum atomic E-state index is -3.57. The summed E-state index contributed by atoms with van der Waals surface area (Å²) in [6, 6.07) is 13.3. The summed E-state index contributed by atoms with van der Waals surface area (Å²) in [5, 5.41) is 12.2. The zero-order chi connectivity index (χ0) is 23.6. The van der Waals surface area contributed by atoms with Gasteiger partial charge in [-0.25, -0.2) is 8.42 Å². The number of rotatable bonds is 6. The predicted molar refractivity (Wildman–Crippen MR) is 130 cm³/mol. The number of carbonyl (C=O) groups is 1. The number of hydrogen-bond acceptors (Lipinski definition) is 7. The van der Waals surface area contributed by atoms with Gasteiger partial charge in [0.05, 0.1) is 11.4 Å². The molecule has 0 atom stereocenters. The summed E-state index contributed by atoms with van der Waals surface area (Å²) in [6.07, 6.45) is 0. The summed E-state index contributed by atoms with van der Waals surface area (Å²) in [4.78, 5) is 14.8. The van der Waals surface area contributed by atoms with Gasteiger partial charge in [0.25, 0.3) is 0 Å². The molecule has 1 aliphatic heterocycles. The van der Waals surface area contributed by atoms with E-state index < -0.39 is 10.0 Å². The molecule has 1 aromatic heterocycles. The molecule has 174 valence electrons. The molecule has 1 fully saturated rings. The molecule has 1 aliphatic rings. The van der Waals surface area contributed by atoms with E-state index in [1.165, 1.54) is 15.6 Å². The van der Waals surface area contributed by atoms with Gasteiger partial charge >= 0.3 is 0 Å². The van der Waals surface area contributed by atoms with Crippen LogP contribution in [0, 0.1) is 20.8 Å². The lowest BCUT2D eigenvalue weighted by atomic mass is 10.1. The number of benzene rings is 2. The van der Waals surface area contributed by atoms with Gasteiger partial charge in [0.15, 0.2) is 0 Å². The average Bonchev–Trinajstić information content (AvgIpc) is 3.25. The van der Waals surface area contributed by atoms with Crippen LogP contribution in [0.25, 0.3) is 10.6 Å². The second-order valence-corrected chi connectivity index (χ2v) is 11.1. The van der Waals surface area contributed by atoms with Gasteiger partial charge in [-0.3, -0.25) is 15.0 Å². The summed E-state index contributed by atoms with van der Waals surface area (Å²) in [7, 11) is -3.57. The zero-order valence-corrected chi connectivity index (χ0v) is 20.5. The van der Waals surface area contributed by atoms with Gasteiger partial charge in [-0.15, -0.1) is 10.2 Å². The van der Waals surface area contributed by atoms with Crippen LogP contribution in [0.5, 0.6) is 0 Å². The van der Waals surface area contributed by atoms with Crippen LogP contribution >= 0.6 is 11.3 Å². The monoisotopic (exact) mass is 485 g/mol. The highest BCUT2D eigenvalue weighted by atomic mass is 32.2. The highest BCUT2D eigenvalue weighted by molar-refractivity contribution is 7.89. The largest absolute Gasteiger partial charge is 0.299 e. The van der Waals surface area contributed by atoms with Crippen LogP contribution in [0.1, 0.15) is 16.7 Å². The van der Waals surface area contributed by atoms with E-state index in [-0.39, 0.29) is 12.5 Å². The molecule has 0 aliphatic carbocycles. The maximum absolute atomic E-state index is 13.2. The van der Waals surface area contributed by atoms with Crippen LogP contribution in [-0.4, -0.2) is 66.5 Å². The van der Waals surface area contributed by atoms with Gasteiger partial charge < -0.3 is 0 Å². The van der Waals surface area contributed by atoms with E-state index in [1.54, 1.807) is 6.07 Å². The third-order valence-electron chi connectivity index (χ3n) is 5.80. The fourth-order valence-corrected chi connectivity index (χ4v) is 6.29. The van der Waals surface area contributed by atoms with Crippen molar-refractivity contribution in [1.29, 1.82) is 0 Å². The van der Waals surface area contributed by atoms with Gasteiger partial charge in [0, 0.05) is 31.7 Å². The Bertz CT molecular complexity index is 1250. The fourth-order valence-electron chi connectivity index (χ4n) is 3.81. The molecule has 8 nitrogen and oxygen atoms in total. The van der Waals surface area contributed by atoms with Crippen molar-refractivity contribution in [2.45, 2.75) is 25.7 Å². The topological polar surface area (TPSA) is 95.5 Å². The van der Waals surface area contributed by atoms with Crippen molar-refractivity contribution in [3.63, 3.8) is 0 Å². The Kier molecular flexibility index (Phi) is 6.89. The lowest BCUT2D eigenvalue weighted by Crippen LogP contribution is -2.50. The molecule has 33 heavy (non-hydrogen) atoms. The standard InChI is InChI=1S/C23H27N5O3S2/c1-16-13-18(3)20(14-17(16)2)33(30,31)28-11-9-27(10-12-28)15-21(29)24-23-26-25-22(32-23)19-7-5-4-6-8-19/h4-8,13-14H,9-12,15H2,1-3H3,(H,24,26,29). The van der Waals surface area contributed by atoms with Crippen molar-refractivity contribution >= 4 is 32.4 Å². The first-order valence-electron chi connectivity index (χ1n) is 10.7. The Morgan fingerprint density at radius 3 is 2.33 bits per heavy atom. The van der Waals surface area contributed by atoms with E-state index in [1.807, 2.05) is 62.1 Å². The van der Waals surface area contributed by atoms with Crippen molar-refractivity contribution in [3.8, 4) is 10.6 Å². The van der Waals surface area contributed by atoms with Crippen LogP contribution in [0.4, 0.5) is 5.13 Å². The maximum atomic E-state index is 13.2. The van der Waals surface area contributed by atoms with Crippen molar-refractivity contribution in [1.82, 2.24) is 19.4 Å². The predicted octanol–water partition coefficient (Wildman–Crippen LogP) is 3.08. The smallest absolute Gasteiger partial charge is 0.243 e. The Labute approximate surface area is 198 Å². The summed E-state index contributed by atoms with van der Waals surface area (Å²) < 4.78 is 27.9. The number of piperazine rings is 1. The molecule has 10 heteroatoms. The van der Waals surface area contributed by atoms with Gasteiger partial charge in [0.1, 0.15) is 5.01 Å². The molecule has 2 aromatic carbocycles. The van der Waals surface area contributed by atoms with Gasteiger partial charge in [-0.2, -0.15) is 4.31 Å². The molecule has 0 unspecified atom stereocenters. The van der Waals surface area contributed by atoms with Gasteiger partial charge in [-0.05, 0) is 43.5 Å². The molecular formula is C23H27N5O3S2. The van der Waals surface area contributed by atoms with Crippen LogP contribution in [0.2, 0.25) is 0 Å². The lowest BCUT2D eigenvalue weighted by Gasteiger charge is -2.33. The van der Waals surface area contributed by atoms with Crippen molar-refractivity contribution in [3.05, 3.63) is 59.2 Å². The zero-order valence-electron chi connectivity index (χ0n) is 18.9. The van der Waals surface area contributed by atoms with Crippen LogP contribution in [0.3, 0.4) is 0 Å². The average molecular weight is 486 g/mol. The maximum Gasteiger partial charge on any atom is 0.243 e. The number of amides is 1. The number of aryl methyl sites for hydroxylation is 3. The number of nitrogens with one attached hydrogen (secondary N) is 1. The van der Waals surface area contributed by atoms with E-state index >= 15 is 0 Å². The Morgan fingerprint density at radius 1 is 0.970 bits per heavy atom. The third kappa shape index (κ3) is 5.30. The van der Waals surface area contributed by atoms with Gasteiger partial charge in [-0.1, -0.05) is 47.7 Å². The molecule has 0 saturated carbocycles. The molecule has 1 N–H and O–H groups in total. The third-order valence-corrected chi connectivity index (χ3v) is 8.73. The molecular weight excluding hydrogens is 458 g/mol. The van der Waals surface area contributed by atoms with E-state index in [0.29, 0.717) is 36.2 Å². The van der Waals surface area contributed by atoms with Crippen molar-refractivity contribution < 1.29 is 13.2 Å². The van der Waals surface area contributed by atoms with E-state index in [4.69, 9.17) is 0 Å². The SMILES string of the molecule is Cc1cc(C)c(S(=O)(=O)N2CCN(CC(=O)Nc3nnc(-c4ccccc4)s3)CC2)cc1C. The molecule has 4 rings (SSSR count). The minimum absolute atomic E-state index is 0.177. The molecule has 1 saturated heterocycles. The molecule has 0 spiro atoms. The van der Waals surface area contributed by atoms with Crippen LogP contribution in [0.15, 0.2) is 47.4 Å². The quantitative estimate of drug-likeness (QED) is 0.577. The molecule has 0 bridgehead atoms. The first kappa shape index (κ1) is 23.5. The Balaban J connectivity index is 1.33. The second kappa shape index (κ2) is 9.68. The second-order valence-electron chi connectivity index (χ2n) is 8.21. The summed E-state index contributed by atoms with van der Waals surface area (Å²) in [6.45, 7) is 7.58. The van der Waals surface area contributed by atoms with Gasteiger partial charge in [0.2, 0.25) is 21.1 Å². The lowest BCUT2D eigenvalue weighted by molar-refractivity contribution is -0.117. The molecule has 2 heterocycles. The number of sulfonamides is 1. The van der Waals surface area contributed by atoms with Crippen molar-refractivity contribution in [2.75, 3.05) is 38.0 Å². The number of carbonyl (C=O) groups excluding carboxylic acids is 1. The Morgan fingerprint density at radius 2 is 1.64 bits per heavy atom. The molecule has 1 amide bonds. The normalized spacial score (nSPS) is 15.5. The van der Waals surface area contributed by atoms with E-state index in [0.717, 1.165) is 27.3 Å². The molecule has 3 aromatic rings. The number of nitrogens with zero attached hydrogens (tertiary/aromatic N) is 4. The van der Waals surface area contributed by atoms with Crippen molar-refractivity contribution in [2.24, 2.45) is 0 Å². The number of hydrogen-bond donors (Lipinski definition) is 1. The summed E-state index contributed by atoms with van der Waals surface area (Å²) in [5.41, 5.74) is 3.74. The van der Waals surface area contributed by atoms with Crippen LogP contribution < -0.4 is 5.32 Å². The molecule has 0 radical (unpaired) electrons.